The molecule has 0 radical (unpaired) electrons. The van der Waals surface area contributed by atoms with Crippen molar-refractivity contribution < 1.29 is 27.5 Å². The molecule has 31 heavy (non-hydrogen) atoms. The van der Waals surface area contributed by atoms with Gasteiger partial charge < -0.3 is 14.8 Å². The number of ether oxygens (including phenoxy) is 2. The summed E-state index contributed by atoms with van der Waals surface area (Å²) < 4.78 is 36.9. The van der Waals surface area contributed by atoms with Crippen LogP contribution in [0.4, 0.5) is 5.69 Å². The minimum absolute atomic E-state index is 0.0929. The van der Waals surface area contributed by atoms with Gasteiger partial charge >= 0.3 is 5.97 Å². The maximum atomic E-state index is 12.6. The predicted octanol–water partition coefficient (Wildman–Crippen LogP) is 2.37. The molecule has 8 nitrogen and oxygen atoms in total. The Bertz CT molecular complexity index is 1040. The number of nitrogens with one attached hydrogen (secondary N) is 1. The Morgan fingerprint density at radius 2 is 1.77 bits per heavy atom. The van der Waals surface area contributed by atoms with Crippen LogP contribution in [0.5, 0.6) is 0 Å². The van der Waals surface area contributed by atoms with E-state index in [2.05, 4.69) is 5.32 Å². The lowest BCUT2D eigenvalue weighted by molar-refractivity contribution is -0.119. The number of sulfonamides is 1. The van der Waals surface area contributed by atoms with Gasteiger partial charge in [0.15, 0.2) is 6.61 Å². The number of hydrogen-bond acceptors (Lipinski definition) is 6. The SMILES string of the molecule is CCc1cccc(C)c1NC(=O)COC(=O)c1ccc(S(=O)(=O)N2CCOCC2)cc1. The molecule has 0 unspecified atom stereocenters. The van der Waals surface area contributed by atoms with E-state index >= 15 is 0 Å². The lowest BCUT2D eigenvalue weighted by atomic mass is 10.1. The van der Waals surface area contributed by atoms with Crippen molar-refractivity contribution in [3.63, 3.8) is 0 Å². The van der Waals surface area contributed by atoms with E-state index in [0.717, 1.165) is 23.2 Å². The third-order valence-electron chi connectivity index (χ3n) is 5.04. The average Bonchev–Trinajstić information content (AvgIpc) is 2.79. The number of morpholine rings is 1. The molecule has 2 aromatic rings. The van der Waals surface area contributed by atoms with Crippen LogP contribution in [-0.2, 0) is 30.7 Å². The predicted molar refractivity (Wildman–Crippen MR) is 115 cm³/mol. The van der Waals surface area contributed by atoms with Gasteiger partial charge in [0, 0.05) is 18.8 Å². The van der Waals surface area contributed by atoms with E-state index in [4.69, 9.17) is 9.47 Å². The maximum absolute atomic E-state index is 12.6. The van der Waals surface area contributed by atoms with Crippen molar-refractivity contribution in [1.29, 1.82) is 0 Å². The molecule has 1 aliphatic heterocycles. The number of esters is 1. The highest BCUT2D eigenvalue weighted by Gasteiger charge is 2.26. The molecule has 3 rings (SSSR count). The third-order valence-corrected chi connectivity index (χ3v) is 6.95. The summed E-state index contributed by atoms with van der Waals surface area (Å²) in [5.74, 6) is -1.14. The summed E-state index contributed by atoms with van der Waals surface area (Å²) in [6, 6.07) is 11.2. The summed E-state index contributed by atoms with van der Waals surface area (Å²) in [5, 5.41) is 2.79. The zero-order valence-corrected chi connectivity index (χ0v) is 18.4. The highest BCUT2D eigenvalue weighted by atomic mass is 32.2. The topological polar surface area (TPSA) is 102 Å². The molecule has 2 aromatic carbocycles. The van der Waals surface area contributed by atoms with Gasteiger partial charge in [-0.25, -0.2) is 13.2 Å². The van der Waals surface area contributed by atoms with Gasteiger partial charge in [-0.05, 0) is 48.7 Å². The van der Waals surface area contributed by atoms with E-state index in [9.17, 15) is 18.0 Å². The van der Waals surface area contributed by atoms with Crippen molar-refractivity contribution in [2.45, 2.75) is 25.2 Å². The van der Waals surface area contributed by atoms with Crippen LogP contribution in [0.3, 0.4) is 0 Å². The van der Waals surface area contributed by atoms with Crippen molar-refractivity contribution in [2.24, 2.45) is 0 Å². The first kappa shape index (κ1) is 22.9. The van der Waals surface area contributed by atoms with Gasteiger partial charge in [0.25, 0.3) is 5.91 Å². The summed E-state index contributed by atoms with van der Waals surface area (Å²) in [5.41, 5.74) is 2.82. The highest BCUT2D eigenvalue weighted by molar-refractivity contribution is 7.89. The summed E-state index contributed by atoms with van der Waals surface area (Å²) in [6.45, 7) is 4.75. The number of carbonyl (C=O) groups excluding carboxylic acids is 2. The van der Waals surface area contributed by atoms with E-state index in [-0.39, 0.29) is 10.5 Å². The lowest BCUT2D eigenvalue weighted by Gasteiger charge is -2.26. The van der Waals surface area contributed by atoms with E-state index in [1.54, 1.807) is 0 Å². The number of carbonyl (C=O) groups is 2. The van der Waals surface area contributed by atoms with Crippen molar-refractivity contribution >= 4 is 27.6 Å². The Morgan fingerprint density at radius 1 is 1.10 bits per heavy atom. The van der Waals surface area contributed by atoms with E-state index in [1.807, 2.05) is 32.0 Å². The molecule has 0 saturated carbocycles. The van der Waals surface area contributed by atoms with Crippen LogP contribution in [0.2, 0.25) is 0 Å². The van der Waals surface area contributed by atoms with E-state index in [1.165, 1.54) is 28.6 Å². The first-order valence-corrected chi connectivity index (χ1v) is 11.5. The first-order chi connectivity index (χ1) is 14.8. The summed E-state index contributed by atoms with van der Waals surface area (Å²) in [6.07, 6.45) is 0.761. The summed E-state index contributed by atoms with van der Waals surface area (Å²) in [4.78, 5) is 24.6. The molecule has 0 aliphatic carbocycles. The molecule has 0 spiro atoms. The second-order valence-electron chi connectivity index (χ2n) is 7.13. The number of benzene rings is 2. The van der Waals surface area contributed by atoms with Gasteiger partial charge in [-0.15, -0.1) is 0 Å². The van der Waals surface area contributed by atoms with Crippen LogP contribution in [0.15, 0.2) is 47.4 Å². The smallest absolute Gasteiger partial charge is 0.338 e. The number of rotatable bonds is 7. The Kier molecular flexibility index (Phi) is 7.42. The lowest BCUT2D eigenvalue weighted by Crippen LogP contribution is -2.40. The van der Waals surface area contributed by atoms with E-state index < -0.39 is 28.5 Å². The van der Waals surface area contributed by atoms with Crippen LogP contribution in [-0.4, -0.2) is 57.5 Å². The molecule has 1 fully saturated rings. The standard InChI is InChI=1S/C22H26N2O6S/c1-3-17-6-4-5-16(2)21(17)23-20(25)15-30-22(26)18-7-9-19(10-8-18)31(27,28)24-11-13-29-14-12-24/h4-10H,3,11-15H2,1-2H3,(H,23,25). The van der Waals surface area contributed by atoms with Gasteiger partial charge in [-0.1, -0.05) is 25.1 Å². The molecule has 0 bridgehead atoms. The normalized spacial score (nSPS) is 14.8. The molecule has 1 aliphatic rings. The largest absolute Gasteiger partial charge is 0.452 e. The van der Waals surface area contributed by atoms with Crippen LogP contribution in [0.25, 0.3) is 0 Å². The molecular weight excluding hydrogens is 420 g/mol. The summed E-state index contributed by atoms with van der Waals surface area (Å²) >= 11 is 0. The monoisotopic (exact) mass is 446 g/mol. The minimum Gasteiger partial charge on any atom is -0.452 e. The van der Waals surface area contributed by atoms with Crippen molar-refractivity contribution in [3.05, 3.63) is 59.2 Å². The molecule has 9 heteroatoms. The fourth-order valence-corrected chi connectivity index (χ4v) is 4.70. The second kappa shape index (κ2) is 10.0. The van der Waals surface area contributed by atoms with Gasteiger partial charge in [0.2, 0.25) is 10.0 Å². The average molecular weight is 447 g/mol. The molecule has 0 atom stereocenters. The molecule has 166 valence electrons. The molecule has 1 amide bonds. The van der Waals surface area contributed by atoms with Crippen LogP contribution < -0.4 is 5.32 Å². The maximum Gasteiger partial charge on any atom is 0.338 e. The van der Waals surface area contributed by atoms with Gasteiger partial charge in [0.05, 0.1) is 23.7 Å². The van der Waals surface area contributed by atoms with Crippen LogP contribution >= 0.6 is 0 Å². The Morgan fingerprint density at radius 3 is 2.42 bits per heavy atom. The van der Waals surface area contributed by atoms with Crippen LogP contribution in [0, 0.1) is 6.92 Å². The Labute approximate surface area is 182 Å². The number of anilines is 1. The highest BCUT2D eigenvalue weighted by Crippen LogP contribution is 2.21. The number of para-hydroxylation sites is 1. The molecule has 1 N–H and O–H groups in total. The Hall–Kier alpha value is -2.75. The zero-order chi connectivity index (χ0) is 22.4. The summed E-state index contributed by atoms with van der Waals surface area (Å²) in [7, 11) is -3.64. The van der Waals surface area contributed by atoms with Crippen molar-refractivity contribution in [3.8, 4) is 0 Å². The number of hydrogen-bond donors (Lipinski definition) is 1. The fourth-order valence-electron chi connectivity index (χ4n) is 3.29. The van der Waals surface area contributed by atoms with E-state index in [0.29, 0.717) is 26.3 Å². The van der Waals surface area contributed by atoms with Gasteiger partial charge in [-0.2, -0.15) is 4.31 Å². The fraction of sp³-hybridized carbons (Fsp3) is 0.364. The molecule has 1 heterocycles. The number of amides is 1. The van der Waals surface area contributed by atoms with Gasteiger partial charge in [0.1, 0.15) is 0 Å². The third kappa shape index (κ3) is 5.49. The Balaban J connectivity index is 1.59. The van der Waals surface area contributed by atoms with Gasteiger partial charge in [-0.3, -0.25) is 4.79 Å². The minimum atomic E-state index is -3.64. The second-order valence-corrected chi connectivity index (χ2v) is 9.07. The number of aryl methyl sites for hydroxylation is 2. The quantitative estimate of drug-likeness (QED) is 0.655. The number of nitrogens with zero attached hydrogens (tertiary/aromatic N) is 1. The molecular formula is C22H26N2O6S. The zero-order valence-electron chi connectivity index (χ0n) is 17.6. The molecule has 0 aromatic heterocycles. The van der Waals surface area contributed by atoms with Crippen LogP contribution in [0.1, 0.15) is 28.4 Å². The first-order valence-electron chi connectivity index (χ1n) is 10.1. The molecule has 1 saturated heterocycles. The van der Waals surface area contributed by atoms with Crippen molar-refractivity contribution in [2.75, 3.05) is 38.2 Å². The van der Waals surface area contributed by atoms with Crippen molar-refractivity contribution in [1.82, 2.24) is 4.31 Å².